The Labute approximate surface area is 88.4 Å². The zero-order valence-corrected chi connectivity index (χ0v) is 8.32. The van der Waals surface area contributed by atoms with E-state index in [-0.39, 0.29) is 0 Å². The smallest absolute Gasteiger partial charge is 0.218 e. The molecule has 0 fully saturated rings. The topological polar surface area (TPSA) is 83.1 Å². The van der Waals surface area contributed by atoms with E-state index in [9.17, 15) is 0 Å². The number of nitrogens with one attached hydrogen (secondary N) is 2. The molecule has 6 nitrogen and oxygen atoms in total. The average molecular weight is 218 g/mol. The first kappa shape index (κ1) is 8.30. The monoisotopic (exact) mass is 218 g/mol. The van der Waals surface area contributed by atoms with E-state index in [1.54, 1.807) is 11.3 Å². The number of rotatable bonds is 2. The molecule has 0 unspecified atom stereocenters. The van der Waals surface area contributed by atoms with Crippen molar-refractivity contribution >= 4 is 11.3 Å². The van der Waals surface area contributed by atoms with Crippen LogP contribution in [0.2, 0.25) is 0 Å². The van der Waals surface area contributed by atoms with Crippen LogP contribution in [0.1, 0.15) is 0 Å². The Kier molecular flexibility index (Phi) is 1.82. The number of aromatic nitrogens is 6. The van der Waals surface area contributed by atoms with Crippen LogP contribution in [-0.2, 0) is 0 Å². The fourth-order valence-electron chi connectivity index (χ4n) is 1.20. The van der Waals surface area contributed by atoms with Crippen LogP contribution in [0.5, 0.6) is 0 Å². The summed E-state index contributed by atoms with van der Waals surface area (Å²) in [7, 11) is 0. The van der Waals surface area contributed by atoms with Crippen molar-refractivity contribution in [2.24, 2.45) is 0 Å². The van der Waals surface area contributed by atoms with Gasteiger partial charge in [-0.15, -0.1) is 16.4 Å². The first-order valence-corrected chi connectivity index (χ1v) is 5.13. The molecule has 3 heterocycles. The van der Waals surface area contributed by atoms with Crippen molar-refractivity contribution in [3.8, 4) is 22.4 Å². The maximum atomic E-state index is 4.31. The molecule has 3 rings (SSSR count). The number of H-pyrrole nitrogens is 2. The molecule has 0 bridgehead atoms. The lowest BCUT2D eigenvalue weighted by Gasteiger charge is -1.85. The van der Waals surface area contributed by atoms with Gasteiger partial charge in [-0.3, -0.25) is 10.2 Å². The zero-order chi connectivity index (χ0) is 10.1. The van der Waals surface area contributed by atoms with Gasteiger partial charge in [-0.25, -0.2) is 9.97 Å². The third-order valence-corrected chi connectivity index (χ3v) is 2.74. The quantitative estimate of drug-likeness (QED) is 0.679. The molecule has 0 atom stereocenters. The van der Waals surface area contributed by atoms with Gasteiger partial charge < -0.3 is 0 Å². The Morgan fingerprint density at radius 2 is 2.20 bits per heavy atom. The van der Waals surface area contributed by atoms with Crippen LogP contribution in [0, 0.1) is 0 Å². The summed E-state index contributed by atoms with van der Waals surface area (Å²) in [5.74, 6) is 1.83. The van der Waals surface area contributed by atoms with Gasteiger partial charge in [0, 0.05) is 0 Å². The Morgan fingerprint density at radius 3 is 2.93 bits per heavy atom. The largest absolute Gasteiger partial charge is 0.258 e. The summed E-state index contributed by atoms with van der Waals surface area (Å²) in [5.41, 5.74) is 0. The van der Waals surface area contributed by atoms with Crippen LogP contribution >= 0.6 is 11.3 Å². The molecule has 0 saturated carbocycles. The van der Waals surface area contributed by atoms with Crippen LogP contribution in [0.4, 0.5) is 0 Å². The molecule has 74 valence electrons. The summed E-state index contributed by atoms with van der Waals surface area (Å²) >= 11 is 1.61. The van der Waals surface area contributed by atoms with Gasteiger partial charge in [0.2, 0.25) is 5.82 Å². The van der Waals surface area contributed by atoms with Crippen molar-refractivity contribution < 1.29 is 0 Å². The fraction of sp³-hybridized carbons (Fsp3) is 0. The first-order chi connectivity index (χ1) is 7.43. The lowest BCUT2D eigenvalue weighted by molar-refractivity contribution is 1.05. The fourth-order valence-corrected chi connectivity index (χ4v) is 1.87. The summed E-state index contributed by atoms with van der Waals surface area (Å²) in [6.07, 6.45) is 1.43. The van der Waals surface area contributed by atoms with Crippen molar-refractivity contribution in [1.29, 1.82) is 0 Å². The van der Waals surface area contributed by atoms with Gasteiger partial charge in [0.1, 0.15) is 6.33 Å². The third kappa shape index (κ3) is 1.42. The van der Waals surface area contributed by atoms with Crippen LogP contribution in [0.25, 0.3) is 22.4 Å². The number of aromatic amines is 2. The third-order valence-electron chi connectivity index (χ3n) is 1.87. The van der Waals surface area contributed by atoms with Crippen molar-refractivity contribution in [3.63, 3.8) is 0 Å². The van der Waals surface area contributed by atoms with E-state index in [0.29, 0.717) is 11.6 Å². The summed E-state index contributed by atoms with van der Waals surface area (Å²) in [6.45, 7) is 0. The molecule has 3 aromatic rings. The Morgan fingerprint density at radius 1 is 1.20 bits per heavy atom. The van der Waals surface area contributed by atoms with Crippen molar-refractivity contribution in [2.45, 2.75) is 0 Å². The van der Waals surface area contributed by atoms with Crippen LogP contribution < -0.4 is 0 Å². The van der Waals surface area contributed by atoms with Gasteiger partial charge in [-0.05, 0) is 11.4 Å². The predicted molar refractivity (Wildman–Crippen MR) is 55.1 cm³/mol. The van der Waals surface area contributed by atoms with Crippen LogP contribution in [0.3, 0.4) is 0 Å². The average Bonchev–Trinajstić information content (AvgIpc) is 3.02. The van der Waals surface area contributed by atoms with E-state index >= 15 is 0 Å². The van der Waals surface area contributed by atoms with E-state index in [4.69, 9.17) is 0 Å². The lowest BCUT2D eigenvalue weighted by Crippen LogP contribution is -1.82. The molecule has 0 aliphatic heterocycles. The van der Waals surface area contributed by atoms with Crippen molar-refractivity contribution in [2.75, 3.05) is 0 Å². The number of nitrogens with zero attached hydrogens (tertiary/aromatic N) is 4. The summed E-state index contributed by atoms with van der Waals surface area (Å²) < 4.78 is 0. The highest BCUT2D eigenvalue weighted by atomic mass is 32.1. The van der Waals surface area contributed by atoms with E-state index in [2.05, 4.69) is 30.4 Å². The molecular weight excluding hydrogens is 212 g/mol. The van der Waals surface area contributed by atoms with E-state index in [1.807, 2.05) is 17.5 Å². The summed E-state index contributed by atoms with van der Waals surface area (Å²) in [4.78, 5) is 9.33. The lowest BCUT2D eigenvalue weighted by atomic mass is 10.4. The number of hydrogen-bond donors (Lipinski definition) is 2. The minimum Gasteiger partial charge on any atom is -0.258 e. The standard InChI is InChI=1S/C8H6N6S/c1-2-5(15-3-1)6-11-8(14-13-6)7-9-4-10-12-7/h1-4H,(H,9,10,12)(H,11,13,14). The van der Waals surface area contributed by atoms with Crippen LogP contribution in [-0.4, -0.2) is 30.4 Å². The molecule has 0 saturated heterocycles. The molecule has 3 aromatic heterocycles. The predicted octanol–water partition coefficient (Wildman–Crippen LogP) is 1.32. The van der Waals surface area contributed by atoms with Gasteiger partial charge in [0.05, 0.1) is 4.88 Å². The molecular formula is C8H6N6S. The molecule has 0 spiro atoms. The van der Waals surface area contributed by atoms with E-state index in [1.165, 1.54) is 6.33 Å². The van der Waals surface area contributed by atoms with Gasteiger partial charge >= 0.3 is 0 Å². The number of hydrogen-bond acceptors (Lipinski definition) is 5. The minimum atomic E-state index is 0.524. The molecule has 0 radical (unpaired) electrons. The van der Waals surface area contributed by atoms with Gasteiger partial charge in [-0.2, -0.15) is 5.10 Å². The maximum absolute atomic E-state index is 4.31. The Bertz CT molecular complexity index is 489. The SMILES string of the molecule is c1csc(-c2nc(-c3ncn[nH]3)n[nH]2)c1. The second-order valence-corrected chi connectivity index (χ2v) is 3.77. The van der Waals surface area contributed by atoms with Crippen molar-refractivity contribution in [1.82, 2.24) is 30.4 Å². The summed E-state index contributed by atoms with van der Waals surface area (Å²) in [5, 5.41) is 15.4. The Hall–Kier alpha value is -2.02. The molecule has 7 heteroatoms. The van der Waals surface area contributed by atoms with Crippen molar-refractivity contribution in [3.05, 3.63) is 23.8 Å². The maximum Gasteiger partial charge on any atom is 0.218 e. The molecule has 2 N–H and O–H groups in total. The second kappa shape index (κ2) is 3.28. The molecule has 0 aromatic carbocycles. The number of thiophene rings is 1. The Balaban J connectivity index is 2.02. The van der Waals surface area contributed by atoms with E-state index in [0.717, 1.165) is 10.7 Å². The second-order valence-electron chi connectivity index (χ2n) is 2.82. The molecule has 0 aliphatic rings. The minimum absolute atomic E-state index is 0.524. The summed E-state index contributed by atoms with van der Waals surface area (Å²) in [6, 6.07) is 3.95. The van der Waals surface area contributed by atoms with Gasteiger partial charge in [0.15, 0.2) is 11.6 Å². The molecule has 0 amide bonds. The highest BCUT2D eigenvalue weighted by molar-refractivity contribution is 7.13. The highest BCUT2D eigenvalue weighted by Gasteiger charge is 2.09. The zero-order valence-electron chi connectivity index (χ0n) is 7.51. The normalized spacial score (nSPS) is 10.7. The van der Waals surface area contributed by atoms with Gasteiger partial charge in [0.25, 0.3) is 0 Å². The van der Waals surface area contributed by atoms with Crippen LogP contribution in [0.15, 0.2) is 23.8 Å². The van der Waals surface area contributed by atoms with E-state index < -0.39 is 0 Å². The highest BCUT2D eigenvalue weighted by Crippen LogP contribution is 2.21. The van der Waals surface area contributed by atoms with Gasteiger partial charge in [-0.1, -0.05) is 6.07 Å². The molecule has 15 heavy (non-hydrogen) atoms. The molecule has 0 aliphatic carbocycles. The first-order valence-electron chi connectivity index (χ1n) is 4.25.